The van der Waals surface area contributed by atoms with Crippen LogP contribution in [0.25, 0.3) is 11.3 Å². The number of pyridine rings is 1. The SMILES string of the molecule is CCCN=Cc1cc(C)cc(OC)c1N.CCOc1c(C)cc(CCNC=O)nc1-c1ccc(F)c(Br)c1F.CON. The lowest BCUT2D eigenvalue weighted by Gasteiger charge is -2.15. The van der Waals surface area contributed by atoms with Gasteiger partial charge in [0.15, 0.2) is 0 Å². The van der Waals surface area contributed by atoms with Crippen molar-refractivity contribution in [3.05, 3.63) is 68.8 Å². The Kier molecular flexibility index (Phi) is 16.9. The maximum absolute atomic E-state index is 14.5. The molecule has 0 atom stereocenters. The topological polar surface area (TPSA) is 134 Å². The van der Waals surface area contributed by atoms with Crippen LogP contribution < -0.4 is 26.4 Å². The van der Waals surface area contributed by atoms with Crippen LogP contribution in [-0.4, -0.2) is 51.5 Å². The Morgan fingerprint density at radius 2 is 1.83 bits per heavy atom. The maximum atomic E-state index is 14.5. The van der Waals surface area contributed by atoms with Crippen molar-refractivity contribution < 1.29 is 27.9 Å². The summed E-state index contributed by atoms with van der Waals surface area (Å²) in [5, 5.41) is 2.56. The quantitative estimate of drug-likeness (QED) is 0.0604. The van der Waals surface area contributed by atoms with Crippen LogP contribution in [0.15, 0.2) is 39.8 Å². The summed E-state index contributed by atoms with van der Waals surface area (Å²) in [5.74, 6) is 4.11. The number of nitrogen functional groups attached to an aromatic ring is 1. The molecule has 1 aromatic heterocycles. The molecule has 5 N–H and O–H groups in total. The molecular formula is C30H40BrF2N5O4. The molecule has 3 rings (SSSR count). The van der Waals surface area contributed by atoms with E-state index >= 15 is 0 Å². The van der Waals surface area contributed by atoms with Gasteiger partial charge in [-0.2, -0.15) is 0 Å². The van der Waals surface area contributed by atoms with Gasteiger partial charge < -0.3 is 25.4 Å². The number of carbonyl (C=O) groups excluding carboxylic acids is 1. The first-order chi connectivity index (χ1) is 20.1. The lowest BCUT2D eigenvalue weighted by Crippen LogP contribution is -2.15. The third-order valence-corrected chi connectivity index (χ3v) is 6.25. The summed E-state index contributed by atoms with van der Waals surface area (Å²) < 4.78 is 38.6. The van der Waals surface area contributed by atoms with Crippen molar-refractivity contribution in [1.82, 2.24) is 10.3 Å². The predicted molar refractivity (Wildman–Crippen MR) is 167 cm³/mol. The van der Waals surface area contributed by atoms with Crippen molar-refractivity contribution in [3.63, 3.8) is 0 Å². The van der Waals surface area contributed by atoms with Crippen molar-refractivity contribution in [2.45, 2.75) is 40.5 Å². The molecule has 12 heteroatoms. The third kappa shape index (κ3) is 11.0. The molecule has 0 bridgehead atoms. The number of aryl methyl sites for hydroxylation is 2. The van der Waals surface area contributed by atoms with E-state index in [-0.39, 0.29) is 10.0 Å². The molecule has 2 aromatic carbocycles. The molecule has 0 aliphatic heterocycles. The van der Waals surface area contributed by atoms with Crippen LogP contribution in [0.2, 0.25) is 0 Å². The Bertz CT molecular complexity index is 1330. The number of aliphatic imine (C=N–C) groups is 1. The van der Waals surface area contributed by atoms with Crippen molar-refractivity contribution in [3.8, 4) is 22.8 Å². The van der Waals surface area contributed by atoms with Crippen LogP contribution in [0.4, 0.5) is 14.5 Å². The average molecular weight is 653 g/mol. The van der Waals surface area contributed by atoms with E-state index in [0.717, 1.165) is 29.7 Å². The molecule has 0 saturated carbocycles. The number of aromatic nitrogens is 1. The fourth-order valence-corrected chi connectivity index (χ4v) is 4.04. The van der Waals surface area contributed by atoms with E-state index < -0.39 is 11.6 Å². The number of anilines is 1. The summed E-state index contributed by atoms with van der Waals surface area (Å²) in [6, 6.07) is 8.28. The Morgan fingerprint density at radius 1 is 1.14 bits per heavy atom. The number of nitrogens with one attached hydrogen (secondary N) is 1. The van der Waals surface area contributed by atoms with Gasteiger partial charge in [0.1, 0.15) is 28.8 Å². The Morgan fingerprint density at radius 3 is 2.43 bits per heavy atom. The number of halogens is 3. The number of amides is 1. The second-order valence-electron chi connectivity index (χ2n) is 8.83. The van der Waals surface area contributed by atoms with E-state index in [1.807, 2.05) is 45.2 Å². The van der Waals surface area contributed by atoms with Gasteiger partial charge in [0.2, 0.25) is 6.41 Å². The number of hydrogen-bond donors (Lipinski definition) is 3. The van der Waals surface area contributed by atoms with E-state index in [2.05, 4.69) is 48.9 Å². The van der Waals surface area contributed by atoms with Gasteiger partial charge in [0, 0.05) is 42.5 Å². The summed E-state index contributed by atoms with van der Waals surface area (Å²) in [6.07, 6.45) is 3.95. The van der Waals surface area contributed by atoms with Gasteiger partial charge in [-0.3, -0.25) is 9.79 Å². The van der Waals surface area contributed by atoms with Gasteiger partial charge in [0.25, 0.3) is 0 Å². The van der Waals surface area contributed by atoms with Crippen LogP contribution >= 0.6 is 15.9 Å². The van der Waals surface area contributed by atoms with E-state index in [9.17, 15) is 13.6 Å². The Labute approximate surface area is 254 Å². The zero-order valence-corrected chi connectivity index (χ0v) is 26.5. The fraction of sp³-hybridized carbons (Fsp3) is 0.367. The normalized spacial score (nSPS) is 10.3. The smallest absolute Gasteiger partial charge is 0.207 e. The Hall–Kier alpha value is -3.61. The number of nitrogens with zero attached hydrogens (tertiary/aromatic N) is 2. The number of nitrogens with two attached hydrogens (primary N) is 2. The zero-order valence-electron chi connectivity index (χ0n) is 24.9. The largest absolute Gasteiger partial charge is 0.495 e. The summed E-state index contributed by atoms with van der Waals surface area (Å²) in [7, 11) is 3.03. The molecule has 0 radical (unpaired) electrons. The number of carbonyl (C=O) groups is 1. The lowest BCUT2D eigenvalue weighted by molar-refractivity contribution is -0.109. The minimum absolute atomic E-state index is 0.153. The molecule has 0 aliphatic carbocycles. The molecule has 0 saturated heterocycles. The van der Waals surface area contributed by atoms with Crippen molar-refractivity contribution in [1.29, 1.82) is 0 Å². The molecule has 0 aliphatic rings. The van der Waals surface area contributed by atoms with E-state index in [4.69, 9.17) is 15.2 Å². The van der Waals surface area contributed by atoms with Gasteiger partial charge in [-0.25, -0.2) is 19.7 Å². The van der Waals surface area contributed by atoms with Gasteiger partial charge in [-0.1, -0.05) is 6.92 Å². The maximum Gasteiger partial charge on any atom is 0.207 e. The minimum atomic E-state index is -0.731. The van der Waals surface area contributed by atoms with Crippen LogP contribution in [-0.2, 0) is 16.1 Å². The van der Waals surface area contributed by atoms with E-state index in [0.29, 0.717) is 54.6 Å². The fourth-order valence-electron chi connectivity index (χ4n) is 3.69. The highest BCUT2D eigenvalue weighted by molar-refractivity contribution is 9.10. The molecule has 230 valence electrons. The zero-order chi connectivity index (χ0) is 31.7. The highest BCUT2D eigenvalue weighted by Crippen LogP contribution is 2.36. The van der Waals surface area contributed by atoms with E-state index in [1.165, 1.54) is 19.2 Å². The molecule has 1 heterocycles. The second kappa shape index (κ2) is 19.5. The first-order valence-corrected chi connectivity index (χ1v) is 14.0. The van der Waals surface area contributed by atoms with Crippen molar-refractivity contribution in [2.75, 3.05) is 39.6 Å². The second-order valence-corrected chi connectivity index (χ2v) is 9.62. The number of hydrogen-bond acceptors (Lipinski definition) is 8. The van der Waals surface area contributed by atoms with Crippen LogP contribution in [0, 0.1) is 25.5 Å². The summed E-state index contributed by atoms with van der Waals surface area (Å²) in [4.78, 5) is 22.9. The predicted octanol–water partition coefficient (Wildman–Crippen LogP) is 5.71. The van der Waals surface area contributed by atoms with Gasteiger partial charge >= 0.3 is 0 Å². The Balaban J connectivity index is 0.000000419. The number of methoxy groups -OCH3 is 1. The molecule has 9 nitrogen and oxygen atoms in total. The highest BCUT2D eigenvalue weighted by Gasteiger charge is 2.20. The lowest BCUT2D eigenvalue weighted by atomic mass is 10.1. The van der Waals surface area contributed by atoms with Gasteiger partial charge in [-0.05, 0) is 84.6 Å². The van der Waals surface area contributed by atoms with E-state index in [1.54, 1.807) is 7.11 Å². The van der Waals surface area contributed by atoms with Crippen molar-refractivity contribution >= 4 is 34.2 Å². The molecule has 0 unspecified atom stereocenters. The molecule has 42 heavy (non-hydrogen) atoms. The molecule has 0 fully saturated rings. The number of benzene rings is 2. The molecule has 0 spiro atoms. The molecule has 3 aromatic rings. The molecule has 1 amide bonds. The first-order valence-electron chi connectivity index (χ1n) is 13.2. The molecular weight excluding hydrogens is 612 g/mol. The first kappa shape index (κ1) is 36.4. The van der Waals surface area contributed by atoms with Crippen LogP contribution in [0.1, 0.15) is 42.7 Å². The summed E-state index contributed by atoms with van der Waals surface area (Å²) in [6.45, 7) is 9.40. The monoisotopic (exact) mass is 651 g/mol. The highest BCUT2D eigenvalue weighted by atomic mass is 79.9. The summed E-state index contributed by atoms with van der Waals surface area (Å²) >= 11 is 2.91. The van der Waals surface area contributed by atoms with Crippen molar-refractivity contribution in [2.24, 2.45) is 10.9 Å². The van der Waals surface area contributed by atoms with Crippen LogP contribution in [0.3, 0.4) is 0 Å². The third-order valence-electron chi connectivity index (χ3n) is 5.52. The van der Waals surface area contributed by atoms with Gasteiger partial charge in [-0.15, -0.1) is 0 Å². The minimum Gasteiger partial charge on any atom is -0.495 e. The number of ether oxygens (including phenoxy) is 2. The number of rotatable bonds is 11. The van der Waals surface area contributed by atoms with Crippen LogP contribution in [0.5, 0.6) is 11.5 Å². The standard InChI is InChI=1S/C17H17BrF2N2O2.C12H18N2O.CH5NO/c1-3-24-17-10(2)8-11(6-7-21-9-23)22-16(17)12-4-5-13(19)14(18)15(12)20;1-4-5-14-8-10-6-9(2)7-11(15-3)12(10)13;1-3-2/h4-5,8-9H,3,6-7H2,1-2H3,(H,21,23);6-8H,4-5,13H2,1-3H3;2H2,1H3. The summed E-state index contributed by atoms with van der Waals surface area (Å²) in [5.41, 5.74) is 10.6. The van der Waals surface area contributed by atoms with Gasteiger partial charge in [0.05, 0.1) is 31.0 Å². The average Bonchev–Trinajstić information content (AvgIpc) is 2.96.